The minimum absolute atomic E-state index is 0.00965. The van der Waals surface area contributed by atoms with E-state index in [0.717, 1.165) is 5.56 Å². The smallest absolute Gasteiger partial charge is 0.331 e. The van der Waals surface area contributed by atoms with E-state index in [0.29, 0.717) is 34.5 Å². The minimum Gasteiger partial charge on any atom is -0.493 e. The monoisotopic (exact) mass is 390 g/mol. The Labute approximate surface area is 161 Å². The number of methoxy groups -OCH3 is 2. The standard InChI is InChI=1S/C19H19ClN2O5/c1-25-16-5-3-12(7-17(16)26-2)9-21-18(23)10-22-11-19(24)27-15-6-4-13(20)8-14(15)22/h3-8H,9-11H2,1-2H3,(H,21,23). The first-order valence-corrected chi connectivity index (χ1v) is 8.60. The highest BCUT2D eigenvalue weighted by atomic mass is 35.5. The van der Waals surface area contributed by atoms with Crippen LogP contribution < -0.4 is 24.4 Å². The molecule has 0 saturated carbocycles. The molecule has 0 saturated heterocycles. The number of amides is 1. The Morgan fingerprint density at radius 3 is 2.70 bits per heavy atom. The van der Waals surface area contributed by atoms with E-state index in [9.17, 15) is 9.59 Å². The van der Waals surface area contributed by atoms with Crippen molar-refractivity contribution < 1.29 is 23.8 Å². The molecule has 0 aromatic heterocycles. The number of benzene rings is 2. The number of anilines is 1. The van der Waals surface area contributed by atoms with Crippen molar-refractivity contribution in [3.63, 3.8) is 0 Å². The molecule has 1 amide bonds. The molecule has 8 heteroatoms. The van der Waals surface area contributed by atoms with Gasteiger partial charge in [0.05, 0.1) is 26.5 Å². The zero-order valence-electron chi connectivity index (χ0n) is 15.0. The maximum atomic E-state index is 12.4. The van der Waals surface area contributed by atoms with Gasteiger partial charge in [0.1, 0.15) is 6.54 Å². The second-order valence-corrected chi connectivity index (χ2v) is 6.34. The van der Waals surface area contributed by atoms with Crippen molar-refractivity contribution in [3.8, 4) is 17.2 Å². The lowest BCUT2D eigenvalue weighted by Crippen LogP contribution is -2.43. The molecule has 0 radical (unpaired) electrons. The zero-order valence-corrected chi connectivity index (χ0v) is 15.7. The van der Waals surface area contributed by atoms with Gasteiger partial charge >= 0.3 is 5.97 Å². The number of hydrogen-bond acceptors (Lipinski definition) is 6. The molecular formula is C19H19ClN2O5. The summed E-state index contributed by atoms with van der Waals surface area (Å²) in [5.41, 5.74) is 1.48. The van der Waals surface area contributed by atoms with Gasteiger partial charge in [-0.15, -0.1) is 0 Å². The van der Waals surface area contributed by atoms with Crippen molar-refractivity contribution in [3.05, 3.63) is 47.0 Å². The van der Waals surface area contributed by atoms with Crippen molar-refractivity contribution in [1.82, 2.24) is 5.32 Å². The topological polar surface area (TPSA) is 77.1 Å². The lowest BCUT2D eigenvalue weighted by molar-refractivity contribution is -0.133. The summed E-state index contributed by atoms with van der Waals surface area (Å²) in [5.74, 6) is 0.950. The first-order chi connectivity index (χ1) is 13.0. The third-order valence-corrected chi connectivity index (χ3v) is 4.31. The van der Waals surface area contributed by atoms with Crippen molar-refractivity contribution in [1.29, 1.82) is 0 Å². The molecule has 1 aliphatic heterocycles. The number of rotatable bonds is 6. The summed E-state index contributed by atoms with van der Waals surface area (Å²) in [6.45, 7) is 0.312. The lowest BCUT2D eigenvalue weighted by Gasteiger charge is -2.29. The van der Waals surface area contributed by atoms with Crippen molar-refractivity contribution in [2.45, 2.75) is 6.54 Å². The van der Waals surface area contributed by atoms with Gasteiger partial charge in [0.2, 0.25) is 5.91 Å². The van der Waals surface area contributed by atoms with Crippen LogP contribution in [0.3, 0.4) is 0 Å². The largest absolute Gasteiger partial charge is 0.493 e. The molecule has 0 unspecified atom stereocenters. The second kappa shape index (κ2) is 8.18. The first-order valence-electron chi connectivity index (χ1n) is 8.23. The number of carbonyl (C=O) groups excluding carboxylic acids is 2. The summed E-state index contributed by atoms with van der Waals surface area (Å²) in [7, 11) is 3.12. The number of halogens is 1. The number of hydrogen-bond donors (Lipinski definition) is 1. The van der Waals surface area contributed by atoms with Crippen LogP contribution >= 0.6 is 11.6 Å². The molecule has 0 aliphatic carbocycles. The molecule has 0 bridgehead atoms. The number of fused-ring (bicyclic) bond motifs is 1. The van der Waals surface area contributed by atoms with E-state index >= 15 is 0 Å². The molecule has 0 fully saturated rings. The zero-order chi connectivity index (χ0) is 19.4. The molecule has 1 heterocycles. The van der Waals surface area contributed by atoms with Crippen LogP contribution in [0.4, 0.5) is 5.69 Å². The number of nitrogens with zero attached hydrogens (tertiary/aromatic N) is 1. The summed E-state index contributed by atoms with van der Waals surface area (Å²) < 4.78 is 15.6. The maximum Gasteiger partial charge on any atom is 0.331 e. The fourth-order valence-electron chi connectivity index (χ4n) is 2.78. The fourth-order valence-corrected chi connectivity index (χ4v) is 2.95. The minimum atomic E-state index is -0.419. The average Bonchev–Trinajstić information content (AvgIpc) is 2.66. The van der Waals surface area contributed by atoms with Gasteiger partial charge in [0, 0.05) is 11.6 Å². The van der Waals surface area contributed by atoms with Crippen LogP contribution in [0.2, 0.25) is 5.02 Å². The van der Waals surface area contributed by atoms with Crippen LogP contribution in [0, 0.1) is 0 Å². The van der Waals surface area contributed by atoms with Gasteiger partial charge in [0.25, 0.3) is 0 Å². The van der Waals surface area contributed by atoms with Crippen molar-refractivity contribution in [2.24, 2.45) is 0 Å². The van der Waals surface area contributed by atoms with Gasteiger partial charge < -0.3 is 24.4 Å². The van der Waals surface area contributed by atoms with E-state index in [1.165, 1.54) is 0 Å². The SMILES string of the molecule is COc1ccc(CNC(=O)CN2CC(=O)Oc3ccc(Cl)cc32)cc1OC. The highest BCUT2D eigenvalue weighted by Crippen LogP contribution is 2.34. The van der Waals surface area contributed by atoms with Crippen LogP contribution in [-0.4, -0.2) is 39.2 Å². The summed E-state index contributed by atoms with van der Waals surface area (Å²) in [6, 6.07) is 10.3. The molecule has 2 aromatic carbocycles. The first kappa shape index (κ1) is 18.8. The predicted molar refractivity (Wildman–Crippen MR) is 101 cm³/mol. The summed E-state index contributed by atoms with van der Waals surface area (Å²) in [5, 5.41) is 3.34. The van der Waals surface area contributed by atoms with Crippen LogP contribution in [0.25, 0.3) is 0 Å². The molecule has 142 valence electrons. The van der Waals surface area contributed by atoms with E-state index in [-0.39, 0.29) is 19.0 Å². The summed E-state index contributed by atoms with van der Waals surface area (Å²) in [6.07, 6.45) is 0. The van der Waals surface area contributed by atoms with Gasteiger partial charge in [-0.25, -0.2) is 4.79 Å². The van der Waals surface area contributed by atoms with Gasteiger partial charge in [0.15, 0.2) is 17.2 Å². The second-order valence-electron chi connectivity index (χ2n) is 5.91. The lowest BCUT2D eigenvalue weighted by atomic mass is 10.2. The van der Waals surface area contributed by atoms with E-state index in [4.69, 9.17) is 25.8 Å². The fraction of sp³-hybridized carbons (Fsp3) is 0.263. The van der Waals surface area contributed by atoms with Crippen LogP contribution in [0.5, 0.6) is 17.2 Å². The molecule has 1 N–H and O–H groups in total. The third kappa shape index (κ3) is 4.43. The number of ether oxygens (including phenoxy) is 3. The Morgan fingerprint density at radius 2 is 1.96 bits per heavy atom. The quantitative estimate of drug-likeness (QED) is 0.603. The molecule has 1 aliphatic rings. The van der Waals surface area contributed by atoms with Gasteiger partial charge in [-0.05, 0) is 35.9 Å². The van der Waals surface area contributed by atoms with Crippen molar-refractivity contribution >= 4 is 29.2 Å². The van der Waals surface area contributed by atoms with Crippen molar-refractivity contribution in [2.75, 3.05) is 32.2 Å². The normalized spacial score (nSPS) is 12.9. The molecule has 3 rings (SSSR count). The van der Waals surface area contributed by atoms with Crippen LogP contribution in [-0.2, 0) is 16.1 Å². The molecule has 0 spiro atoms. The Kier molecular flexibility index (Phi) is 5.71. The average molecular weight is 391 g/mol. The highest BCUT2D eigenvalue weighted by Gasteiger charge is 2.25. The van der Waals surface area contributed by atoms with Gasteiger partial charge in [-0.1, -0.05) is 17.7 Å². The Bertz CT molecular complexity index is 871. The molecule has 27 heavy (non-hydrogen) atoms. The van der Waals surface area contributed by atoms with E-state index in [1.54, 1.807) is 49.5 Å². The summed E-state index contributed by atoms with van der Waals surface area (Å²) >= 11 is 6.02. The Hall–Kier alpha value is -2.93. The molecular weight excluding hydrogens is 372 g/mol. The van der Waals surface area contributed by atoms with Crippen LogP contribution in [0.1, 0.15) is 5.56 Å². The molecule has 2 aromatic rings. The predicted octanol–water partition coefficient (Wildman–Crippen LogP) is 2.40. The number of carbonyl (C=O) groups is 2. The summed E-state index contributed by atoms with van der Waals surface area (Å²) in [4.78, 5) is 25.8. The molecule has 7 nitrogen and oxygen atoms in total. The van der Waals surface area contributed by atoms with Gasteiger partial charge in [-0.3, -0.25) is 4.79 Å². The van der Waals surface area contributed by atoms with E-state index in [1.807, 2.05) is 6.07 Å². The van der Waals surface area contributed by atoms with E-state index < -0.39 is 5.97 Å². The Morgan fingerprint density at radius 1 is 1.19 bits per heavy atom. The molecule has 0 atom stereocenters. The Balaban J connectivity index is 1.65. The van der Waals surface area contributed by atoms with Gasteiger partial charge in [-0.2, -0.15) is 0 Å². The third-order valence-electron chi connectivity index (χ3n) is 4.08. The maximum absolute atomic E-state index is 12.4. The highest BCUT2D eigenvalue weighted by molar-refractivity contribution is 6.31. The van der Waals surface area contributed by atoms with Crippen LogP contribution in [0.15, 0.2) is 36.4 Å². The number of esters is 1. The van der Waals surface area contributed by atoms with E-state index in [2.05, 4.69) is 5.32 Å². The number of nitrogens with one attached hydrogen (secondary N) is 1.